The van der Waals surface area contributed by atoms with Crippen LogP contribution in [0.4, 0.5) is 5.69 Å². The quantitative estimate of drug-likeness (QED) is 0.801. The fraction of sp³-hybridized carbons (Fsp3) is 0.357. The first-order chi connectivity index (χ1) is 9.60. The molecule has 106 valence electrons. The van der Waals surface area contributed by atoms with Crippen molar-refractivity contribution < 1.29 is 19.1 Å². The number of anilines is 1. The molecule has 1 aliphatic heterocycles. The fourth-order valence-corrected chi connectivity index (χ4v) is 1.94. The number of rotatable bonds is 4. The Labute approximate surface area is 116 Å². The van der Waals surface area contributed by atoms with Crippen LogP contribution >= 0.6 is 0 Å². The van der Waals surface area contributed by atoms with Crippen LogP contribution in [0.2, 0.25) is 0 Å². The Bertz CT molecular complexity index is 524. The third kappa shape index (κ3) is 3.34. The maximum Gasteiger partial charge on any atom is 0.338 e. The molecule has 1 atom stereocenters. The zero-order valence-corrected chi connectivity index (χ0v) is 11.1. The minimum atomic E-state index is -0.393. The summed E-state index contributed by atoms with van der Waals surface area (Å²) in [7, 11) is 0. The Morgan fingerprint density at radius 3 is 2.60 bits per heavy atom. The second-order valence-electron chi connectivity index (χ2n) is 4.49. The van der Waals surface area contributed by atoms with Crippen LogP contribution in [0.15, 0.2) is 24.3 Å². The van der Waals surface area contributed by atoms with Crippen molar-refractivity contribution >= 4 is 23.5 Å². The van der Waals surface area contributed by atoms with Gasteiger partial charge in [-0.15, -0.1) is 0 Å². The smallest absolute Gasteiger partial charge is 0.338 e. The number of esters is 1. The van der Waals surface area contributed by atoms with Gasteiger partial charge in [-0.3, -0.25) is 9.59 Å². The van der Waals surface area contributed by atoms with E-state index in [-0.39, 0.29) is 24.2 Å². The minimum absolute atomic E-state index is 0.109. The first-order valence-corrected chi connectivity index (χ1v) is 6.45. The van der Waals surface area contributed by atoms with Crippen LogP contribution in [0.3, 0.4) is 0 Å². The molecular formula is C14H16N2O4. The summed E-state index contributed by atoms with van der Waals surface area (Å²) >= 11 is 0. The van der Waals surface area contributed by atoms with E-state index in [1.54, 1.807) is 31.2 Å². The number of hydrogen-bond acceptors (Lipinski definition) is 4. The first-order valence-electron chi connectivity index (χ1n) is 6.45. The molecule has 6 heteroatoms. The summed E-state index contributed by atoms with van der Waals surface area (Å²) in [6, 6.07) is 6.44. The van der Waals surface area contributed by atoms with Gasteiger partial charge in [0.2, 0.25) is 11.8 Å². The van der Waals surface area contributed by atoms with Gasteiger partial charge >= 0.3 is 5.97 Å². The van der Waals surface area contributed by atoms with Gasteiger partial charge in [0.25, 0.3) is 0 Å². The van der Waals surface area contributed by atoms with Crippen molar-refractivity contribution in [3.63, 3.8) is 0 Å². The largest absolute Gasteiger partial charge is 0.462 e. The van der Waals surface area contributed by atoms with Crippen molar-refractivity contribution in [3.8, 4) is 0 Å². The van der Waals surface area contributed by atoms with E-state index in [2.05, 4.69) is 10.6 Å². The highest BCUT2D eigenvalue weighted by atomic mass is 16.5. The molecule has 1 saturated heterocycles. The molecule has 0 spiro atoms. The molecule has 0 radical (unpaired) electrons. The number of hydrogen-bond donors (Lipinski definition) is 2. The van der Waals surface area contributed by atoms with Gasteiger partial charge in [0.05, 0.1) is 18.1 Å². The van der Waals surface area contributed by atoms with Crippen LogP contribution in [0.5, 0.6) is 0 Å². The first kappa shape index (κ1) is 14.0. The summed E-state index contributed by atoms with van der Waals surface area (Å²) in [4.78, 5) is 34.4. The molecule has 1 aromatic rings. The molecule has 6 nitrogen and oxygen atoms in total. The maximum absolute atomic E-state index is 11.9. The van der Waals surface area contributed by atoms with E-state index in [0.717, 1.165) is 0 Å². The van der Waals surface area contributed by atoms with Crippen molar-refractivity contribution in [2.24, 2.45) is 5.92 Å². The lowest BCUT2D eigenvalue weighted by molar-refractivity contribution is -0.123. The molecule has 1 unspecified atom stereocenters. The third-order valence-electron chi connectivity index (χ3n) is 3.01. The summed E-state index contributed by atoms with van der Waals surface area (Å²) in [6.45, 7) is 2.43. The van der Waals surface area contributed by atoms with Crippen molar-refractivity contribution in [3.05, 3.63) is 29.8 Å². The standard InChI is InChI=1S/C14H16N2O4/c1-2-20-14(19)9-3-5-11(6-4-9)16-13(18)10-7-12(17)15-8-10/h3-6,10H,2,7-8H2,1H3,(H,15,17)(H,16,18). The average Bonchev–Trinajstić information content (AvgIpc) is 2.86. The third-order valence-corrected chi connectivity index (χ3v) is 3.01. The van der Waals surface area contributed by atoms with Gasteiger partial charge in [0, 0.05) is 18.7 Å². The van der Waals surface area contributed by atoms with Gasteiger partial charge in [-0.1, -0.05) is 0 Å². The minimum Gasteiger partial charge on any atom is -0.462 e. The van der Waals surface area contributed by atoms with E-state index in [0.29, 0.717) is 24.4 Å². The summed E-state index contributed by atoms with van der Waals surface area (Å²) in [5.74, 6) is -1.04. The Balaban J connectivity index is 1.95. The van der Waals surface area contributed by atoms with E-state index in [9.17, 15) is 14.4 Å². The van der Waals surface area contributed by atoms with Crippen LogP contribution in [-0.4, -0.2) is 30.9 Å². The second-order valence-corrected chi connectivity index (χ2v) is 4.49. The van der Waals surface area contributed by atoms with Crippen molar-refractivity contribution in [2.75, 3.05) is 18.5 Å². The number of ether oxygens (including phenoxy) is 1. The van der Waals surface area contributed by atoms with Gasteiger partial charge in [-0.05, 0) is 31.2 Å². The van der Waals surface area contributed by atoms with Gasteiger partial charge in [-0.2, -0.15) is 0 Å². The van der Waals surface area contributed by atoms with Gasteiger partial charge in [0.15, 0.2) is 0 Å². The lowest BCUT2D eigenvalue weighted by Crippen LogP contribution is -2.24. The molecule has 2 N–H and O–H groups in total. The summed E-state index contributed by atoms with van der Waals surface area (Å²) in [6.07, 6.45) is 0.215. The summed E-state index contributed by atoms with van der Waals surface area (Å²) < 4.78 is 4.87. The molecule has 1 aromatic carbocycles. The summed E-state index contributed by atoms with van der Waals surface area (Å²) in [5, 5.41) is 5.33. The number of carbonyl (C=O) groups excluding carboxylic acids is 3. The lowest BCUT2D eigenvalue weighted by atomic mass is 10.1. The Morgan fingerprint density at radius 1 is 1.35 bits per heavy atom. The normalized spacial score (nSPS) is 17.4. The van der Waals surface area contributed by atoms with Gasteiger partial charge in [0.1, 0.15) is 0 Å². The average molecular weight is 276 g/mol. The molecule has 0 saturated carbocycles. The predicted molar refractivity (Wildman–Crippen MR) is 72.1 cm³/mol. The van der Waals surface area contributed by atoms with Crippen LogP contribution in [0, 0.1) is 5.92 Å². The van der Waals surface area contributed by atoms with E-state index >= 15 is 0 Å². The van der Waals surface area contributed by atoms with Crippen molar-refractivity contribution in [1.29, 1.82) is 0 Å². The molecule has 1 heterocycles. The zero-order chi connectivity index (χ0) is 14.5. The molecule has 1 aliphatic rings. The molecule has 0 aliphatic carbocycles. The van der Waals surface area contributed by atoms with E-state index in [1.165, 1.54) is 0 Å². The van der Waals surface area contributed by atoms with Gasteiger partial charge in [-0.25, -0.2) is 4.79 Å². The Morgan fingerprint density at radius 2 is 2.05 bits per heavy atom. The number of amides is 2. The summed E-state index contributed by atoms with van der Waals surface area (Å²) in [5.41, 5.74) is 1.02. The van der Waals surface area contributed by atoms with Crippen LogP contribution < -0.4 is 10.6 Å². The second kappa shape index (κ2) is 6.18. The zero-order valence-electron chi connectivity index (χ0n) is 11.1. The Hall–Kier alpha value is -2.37. The highest BCUT2D eigenvalue weighted by Gasteiger charge is 2.27. The van der Waals surface area contributed by atoms with Crippen LogP contribution in [0.25, 0.3) is 0 Å². The number of nitrogens with one attached hydrogen (secondary N) is 2. The molecule has 2 rings (SSSR count). The highest BCUT2D eigenvalue weighted by Crippen LogP contribution is 2.15. The predicted octanol–water partition coefficient (Wildman–Crippen LogP) is 0.938. The van der Waals surface area contributed by atoms with Crippen molar-refractivity contribution in [2.45, 2.75) is 13.3 Å². The maximum atomic E-state index is 11.9. The van der Waals surface area contributed by atoms with Crippen molar-refractivity contribution in [1.82, 2.24) is 5.32 Å². The van der Waals surface area contributed by atoms with Crippen LogP contribution in [-0.2, 0) is 14.3 Å². The molecule has 1 fully saturated rings. The molecule has 2 amide bonds. The number of benzene rings is 1. The topological polar surface area (TPSA) is 84.5 Å². The fourth-order valence-electron chi connectivity index (χ4n) is 1.94. The van der Waals surface area contributed by atoms with E-state index < -0.39 is 5.97 Å². The highest BCUT2D eigenvalue weighted by molar-refractivity contribution is 5.97. The Kier molecular flexibility index (Phi) is 4.34. The molecular weight excluding hydrogens is 260 g/mol. The van der Waals surface area contributed by atoms with E-state index in [1.807, 2.05) is 0 Å². The molecule has 0 bridgehead atoms. The lowest BCUT2D eigenvalue weighted by Gasteiger charge is -2.09. The van der Waals surface area contributed by atoms with Crippen LogP contribution in [0.1, 0.15) is 23.7 Å². The SMILES string of the molecule is CCOC(=O)c1ccc(NC(=O)C2CNC(=O)C2)cc1. The monoisotopic (exact) mass is 276 g/mol. The number of carbonyl (C=O) groups is 3. The van der Waals surface area contributed by atoms with E-state index in [4.69, 9.17) is 4.74 Å². The molecule has 0 aromatic heterocycles. The van der Waals surface area contributed by atoms with Gasteiger partial charge < -0.3 is 15.4 Å². The molecule has 20 heavy (non-hydrogen) atoms.